The zero-order chi connectivity index (χ0) is 17.1. The van der Waals surface area contributed by atoms with E-state index in [9.17, 15) is 15.0 Å². The van der Waals surface area contributed by atoms with Gasteiger partial charge in [0.05, 0.1) is 6.42 Å². The molecule has 1 saturated heterocycles. The number of likely N-dealkylation sites (tertiary alicyclic amines) is 1. The molecule has 6 heteroatoms. The van der Waals surface area contributed by atoms with Crippen LogP contribution in [0.3, 0.4) is 0 Å². The van der Waals surface area contributed by atoms with Crippen LogP contribution >= 0.6 is 0 Å². The quantitative estimate of drug-likeness (QED) is 0.894. The maximum Gasteiger partial charge on any atom is 0.227 e. The number of nitrogens with zero attached hydrogens (tertiary/aromatic N) is 3. The van der Waals surface area contributed by atoms with Crippen LogP contribution < -0.4 is 0 Å². The maximum atomic E-state index is 12.6. The minimum atomic E-state index is -0.675. The molecule has 128 valence electrons. The van der Waals surface area contributed by atoms with E-state index in [1.54, 1.807) is 29.3 Å². The average Bonchev–Trinajstić information content (AvgIpc) is 3.02. The summed E-state index contributed by atoms with van der Waals surface area (Å²) in [6, 6.07) is 6.90. The van der Waals surface area contributed by atoms with Crippen LogP contribution in [0, 0.1) is 5.92 Å². The van der Waals surface area contributed by atoms with E-state index in [1.807, 2.05) is 23.9 Å². The topological polar surface area (TPSA) is 78.6 Å². The third-order valence-corrected chi connectivity index (χ3v) is 4.71. The van der Waals surface area contributed by atoms with Gasteiger partial charge in [0.15, 0.2) is 0 Å². The number of benzene rings is 1. The molecule has 1 aliphatic rings. The molecule has 2 unspecified atom stereocenters. The highest BCUT2D eigenvalue weighted by molar-refractivity contribution is 5.79. The molecule has 0 aliphatic carbocycles. The number of phenols is 1. The molecule has 1 aromatic carbocycles. The molecule has 2 aromatic rings. The van der Waals surface area contributed by atoms with Gasteiger partial charge in [-0.1, -0.05) is 18.2 Å². The number of phenolic OH excluding ortho intramolecular Hbond substituents is 1. The van der Waals surface area contributed by atoms with Gasteiger partial charge in [0.2, 0.25) is 5.91 Å². The molecule has 0 bridgehead atoms. The van der Waals surface area contributed by atoms with E-state index in [0.717, 1.165) is 12.8 Å². The highest BCUT2D eigenvalue weighted by Crippen LogP contribution is 2.29. The monoisotopic (exact) mass is 329 g/mol. The number of piperidine rings is 1. The van der Waals surface area contributed by atoms with Crippen LogP contribution in [0.15, 0.2) is 36.7 Å². The van der Waals surface area contributed by atoms with Crippen molar-refractivity contribution < 1.29 is 15.0 Å². The molecule has 2 atom stereocenters. The Labute approximate surface area is 141 Å². The van der Waals surface area contributed by atoms with Crippen molar-refractivity contribution in [1.29, 1.82) is 0 Å². The number of aliphatic hydroxyl groups excluding tert-OH is 1. The summed E-state index contributed by atoms with van der Waals surface area (Å²) >= 11 is 0. The molecule has 0 saturated carbocycles. The molecular formula is C18H23N3O3. The predicted molar refractivity (Wildman–Crippen MR) is 89.3 cm³/mol. The fraction of sp³-hybridized carbons (Fsp3) is 0.444. The van der Waals surface area contributed by atoms with Crippen LogP contribution in [0.1, 0.15) is 30.3 Å². The SMILES string of the molecule is Cn1ccnc1C(O)C1CCCN(C(=O)Cc2ccccc2O)C1. The number of para-hydroxylation sites is 1. The van der Waals surface area contributed by atoms with E-state index < -0.39 is 6.10 Å². The Bertz CT molecular complexity index is 713. The number of hydrogen-bond acceptors (Lipinski definition) is 4. The summed E-state index contributed by atoms with van der Waals surface area (Å²) in [6.07, 6.45) is 4.71. The number of aliphatic hydroxyl groups is 1. The molecule has 2 N–H and O–H groups in total. The van der Waals surface area contributed by atoms with Crippen LogP contribution in [0.5, 0.6) is 5.75 Å². The Morgan fingerprint density at radius 3 is 2.92 bits per heavy atom. The molecule has 0 spiro atoms. The van der Waals surface area contributed by atoms with Crippen molar-refractivity contribution in [3.8, 4) is 5.75 Å². The van der Waals surface area contributed by atoms with Gasteiger partial charge in [0.25, 0.3) is 0 Å². The Hall–Kier alpha value is -2.34. The summed E-state index contributed by atoms with van der Waals surface area (Å²) in [5.41, 5.74) is 0.634. The summed E-state index contributed by atoms with van der Waals surface area (Å²) in [4.78, 5) is 18.6. The first-order chi connectivity index (χ1) is 11.6. The normalized spacial score (nSPS) is 19.2. The Morgan fingerprint density at radius 1 is 1.42 bits per heavy atom. The number of amides is 1. The van der Waals surface area contributed by atoms with Crippen LogP contribution in [0.25, 0.3) is 0 Å². The lowest BCUT2D eigenvalue weighted by molar-refractivity contribution is -0.133. The van der Waals surface area contributed by atoms with Crippen molar-refractivity contribution in [3.05, 3.63) is 48.0 Å². The van der Waals surface area contributed by atoms with E-state index in [4.69, 9.17) is 0 Å². The van der Waals surface area contributed by atoms with Gasteiger partial charge in [0.1, 0.15) is 17.7 Å². The second-order valence-corrected chi connectivity index (χ2v) is 6.39. The number of aromatic nitrogens is 2. The van der Waals surface area contributed by atoms with Crippen LogP contribution in [-0.2, 0) is 18.3 Å². The maximum absolute atomic E-state index is 12.6. The van der Waals surface area contributed by atoms with Gasteiger partial charge in [-0.25, -0.2) is 4.98 Å². The van der Waals surface area contributed by atoms with Crippen LogP contribution in [0.2, 0.25) is 0 Å². The van der Waals surface area contributed by atoms with Crippen molar-refractivity contribution in [2.75, 3.05) is 13.1 Å². The van der Waals surface area contributed by atoms with E-state index in [-0.39, 0.29) is 24.0 Å². The highest BCUT2D eigenvalue weighted by atomic mass is 16.3. The van der Waals surface area contributed by atoms with Crippen LogP contribution in [0.4, 0.5) is 0 Å². The smallest absolute Gasteiger partial charge is 0.227 e. The number of aromatic hydroxyl groups is 1. The van der Waals surface area contributed by atoms with Crippen molar-refractivity contribution in [2.45, 2.75) is 25.4 Å². The molecule has 1 amide bonds. The first kappa shape index (κ1) is 16.5. The van der Waals surface area contributed by atoms with Crippen molar-refractivity contribution >= 4 is 5.91 Å². The summed E-state index contributed by atoms with van der Waals surface area (Å²) in [6.45, 7) is 1.21. The molecule has 1 aliphatic heterocycles. The second-order valence-electron chi connectivity index (χ2n) is 6.39. The van der Waals surface area contributed by atoms with Gasteiger partial charge in [-0.3, -0.25) is 4.79 Å². The molecular weight excluding hydrogens is 306 g/mol. The number of rotatable bonds is 4. The molecule has 3 rings (SSSR count). The summed E-state index contributed by atoms with van der Waals surface area (Å²) in [7, 11) is 1.86. The largest absolute Gasteiger partial charge is 0.508 e. The van der Waals surface area contributed by atoms with E-state index >= 15 is 0 Å². The first-order valence-electron chi connectivity index (χ1n) is 8.26. The van der Waals surface area contributed by atoms with Gasteiger partial charge in [0, 0.05) is 44.0 Å². The van der Waals surface area contributed by atoms with E-state index in [2.05, 4.69) is 4.98 Å². The standard InChI is InChI=1S/C18H23N3O3/c1-20-10-8-19-18(20)17(24)14-6-4-9-21(12-14)16(23)11-13-5-2-3-7-15(13)22/h2-3,5,7-8,10,14,17,22,24H,4,6,9,11-12H2,1H3. The minimum absolute atomic E-state index is 0.0201. The third kappa shape index (κ3) is 3.43. The molecule has 24 heavy (non-hydrogen) atoms. The number of carbonyl (C=O) groups is 1. The number of hydrogen-bond donors (Lipinski definition) is 2. The Morgan fingerprint density at radius 2 is 2.21 bits per heavy atom. The number of imidazole rings is 1. The zero-order valence-electron chi connectivity index (χ0n) is 13.8. The lowest BCUT2D eigenvalue weighted by Gasteiger charge is -2.35. The lowest BCUT2D eigenvalue weighted by atomic mass is 9.91. The number of aryl methyl sites for hydroxylation is 1. The summed E-state index contributed by atoms with van der Waals surface area (Å²) < 4.78 is 1.81. The second kappa shape index (κ2) is 7.05. The molecule has 1 fully saturated rings. The van der Waals surface area contributed by atoms with Gasteiger partial charge < -0.3 is 19.7 Å². The van der Waals surface area contributed by atoms with Gasteiger partial charge in [-0.15, -0.1) is 0 Å². The summed E-state index contributed by atoms with van der Waals surface area (Å²) in [5.74, 6) is 0.740. The summed E-state index contributed by atoms with van der Waals surface area (Å²) in [5, 5.41) is 20.4. The van der Waals surface area contributed by atoms with Crippen molar-refractivity contribution in [3.63, 3.8) is 0 Å². The molecule has 1 aromatic heterocycles. The average molecular weight is 329 g/mol. The Kier molecular flexibility index (Phi) is 4.85. The lowest BCUT2D eigenvalue weighted by Crippen LogP contribution is -2.42. The van der Waals surface area contributed by atoms with Crippen molar-refractivity contribution in [1.82, 2.24) is 14.5 Å². The zero-order valence-corrected chi connectivity index (χ0v) is 13.8. The van der Waals surface area contributed by atoms with E-state index in [1.165, 1.54) is 0 Å². The molecule has 2 heterocycles. The fourth-order valence-electron chi connectivity index (χ4n) is 3.30. The first-order valence-corrected chi connectivity index (χ1v) is 8.26. The Balaban J connectivity index is 1.66. The van der Waals surface area contributed by atoms with Crippen LogP contribution in [-0.4, -0.2) is 43.7 Å². The molecule has 0 radical (unpaired) electrons. The van der Waals surface area contributed by atoms with Gasteiger partial charge in [-0.05, 0) is 18.9 Å². The minimum Gasteiger partial charge on any atom is -0.508 e. The highest BCUT2D eigenvalue weighted by Gasteiger charge is 2.31. The van der Waals surface area contributed by atoms with Gasteiger partial charge >= 0.3 is 0 Å². The number of carbonyl (C=O) groups excluding carboxylic acids is 1. The third-order valence-electron chi connectivity index (χ3n) is 4.71. The predicted octanol–water partition coefficient (Wildman–Crippen LogP) is 1.64. The van der Waals surface area contributed by atoms with Gasteiger partial charge in [-0.2, -0.15) is 0 Å². The van der Waals surface area contributed by atoms with Crippen molar-refractivity contribution in [2.24, 2.45) is 13.0 Å². The van der Waals surface area contributed by atoms with E-state index in [0.29, 0.717) is 24.5 Å². The fourth-order valence-corrected chi connectivity index (χ4v) is 3.30. The molecule has 6 nitrogen and oxygen atoms in total.